The van der Waals surface area contributed by atoms with Crippen LogP contribution >= 0.6 is 0 Å². The minimum absolute atomic E-state index is 0.0817. The van der Waals surface area contributed by atoms with Crippen LogP contribution in [0.5, 0.6) is 0 Å². The van der Waals surface area contributed by atoms with Crippen LogP contribution in [0.4, 0.5) is 5.69 Å². The highest BCUT2D eigenvalue weighted by molar-refractivity contribution is 7.92. The Hall–Kier alpha value is -3.20. The first-order valence-corrected chi connectivity index (χ1v) is 9.62. The van der Waals surface area contributed by atoms with Crippen LogP contribution in [0, 0.1) is 0 Å². The van der Waals surface area contributed by atoms with Crippen LogP contribution in [-0.4, -0.2) is 28.6 Å². The number of benzene rings is 1. The molecule has 0 aliphatic carbocycles. The lowest BCUT2D eigenvalue weighted by Crippen LogP contribution is -2.35. The fourth-order valence-electron chi connectivity index (χ4n) is 2.94. The molecule has 0 aliphatic heterocycles. The van der Waals surface area contributed by atoms with Gasteiger partial charge in [-0.05, 0) is 29.8 Å². The molecule has 0 saturated heterocycles. The zero-order valence-corrected chi connectivity index (χ0v) is 14.5. The molecule has 0 fully saturated rings. The van der Waals surface area contributed by atoms with Crippen molar-refractivity contribution in [2.75, 3.05) is 11.0 Å². The van der Waals surface area contributed by atoms with Gasteiger partial charge in [0, 0.05) is 5.69 Å². The summed E-state index contributed by atoms with van der Waals surface area (Å²) in [6.07, 6.45) is 2.52. The molecule has 1 aromatic carbocycles. The molecular formula is C17H14N4O4S. The van der Waals surface area contributed by atoms with Crippen LogP contribution in [0.25, 0.3) is 16.7 Å². The SMILES string of the molecule is CS(=O)(=O)Nc1ccc(Cn2c(=O)c3cccc4ncc(c2=O)n43)cc1. The summed E-state index contributed by atoms with van der Waals surface area (Å²) in [5.41, 5.74) is 1.57. The number of nitrogens with one attached hydrogen (secondary N) is 1. The van der Waals surface area contributed by atoms with Gasteiger partial charge < -0.3 is 0 Å². The molecule has 132 valence electrons. The van der Waals surface area contributed by atoms with Gasteiger partial charge in [0.25, 0.3) is 11.1 Å². The summed E-state index contributed by atoms with van der Waals surface area (Å²) in [6.45, 7) is 0.0817. The van der Waals surface area contributed by atoms with Crippen molar-refractivity contribution in [2.45, 2.75) is 6.54 Å². The van der Waals surface area contributed by atoms with E-state index in [0.717, 1.165) is 10.8 Å². The number of sulfonamides is 1. The third-order valence-corrected chi connectivity index (χ3v) is 4.66. The fraction of sp³-hybridized carbons (Fsp3) is 0.118. The first kappa shape index (κ1) is 16.3. The Morgan fingerprint density at radius 2 is 1.69 bits per heavy atom. The number of pyridine rings is 1. The number of imidazole rings is 1. The van der Waals surface area contributed by atoms with E-state index in [1.807, 2.05) is 0 Å². The Labute approximate surface area is 147 Å². The average molecular weight is 370 g/mol. The molecule has 0 radical (unpaired) electrons. The highest BCUT2D eigenvalue weighted by Gasteiger charge is 2.14. The standard InChI is InChI=1S/C17H14N4O4S/c1-26(24,25)19-12-7-5-11(6-8-12)10-20-16(22)13-3-2-4-15-18-9-14(17(20)23)21(13)15/h2-9,19H,10H2,1H3. The summed E-state index contributed by atoms with van der Waals surface area (Å²) in [5, 5.41) is 0. The molecule has 4 rings (SSSR count). The molecular weight excluding hydrogens is 356 g/mol. The van der Waals surface area contributed by atoms with E-state index in [1.165, 1.54) is 6.20 Å². The molecule has 8 nitrogen and oxygen atoms in total. The maximum Gasteiger partial charge on any atom is 0.279 e. The molecule has 0 spiro atoms. The largest absolute Gasteiger partial charge is 0.284 e. The van der Waals surface area contributed by atoms with Gasteiger partial charge in [-0.2, -0.15) is 0 Å². The molecule has 0 aliphatic rings. The van der Waals surface area contributed by atoms with E-state index >= 15 is 0 Å². The third-order valence-electron chi connectivity index (χ3n) is 4.06. The van der Waals surface area contributed by atoms with Gasteiger partial charge in [0.15, 0.2) is 0 Å². The van der Waals surface area contributed by atoms with E-state index in [9.17, 15) is 18.0 Å². The number of nitrogens with zero attached hydrogens (tertiary/aromatic N) is 3. The van der Waals surface area contributed by atoms with E-state index < -0.39 is 21.1 Å². The second-order valence-electron chi connectivity index (χ2n) is 6.02. The highest BCUT2D eigenvalue weighted by atomic mass is 32.2. The van der Waals surface area contributed by atoms with Crippen LogP contribution < -0.4 is 15.8 Å². The number of rotatable bonds is 4. The lowest BCUT2D eigenvalue weighted by Gasteiger charge is -2.09. The zero-order chi connectivity index (χ0) is 18.5. The molecule has 0 unspecified atom stereocenters. The number of hydrogen-bond donors (Lipinski definition) is 1. The van der Waals surface area contributed by atoms with Crippen LogP contribution in [0.15, 0.2) is 58.3 Å². The molecule has 0 saturated carbocycles. The lowest BCUT2D eigenvalue weighted by molar-refractivity contribution is 0.607. The van der Waals surface area contributed by atoms with Crippen molar-refractivity contribution in [1.29, 1.82) is 0 Å². The molecule has 3 aromatic heterocycles. The number of anilines is 1. The average Bonchev–Trinajstić information content (AvgIpc) is 3.02. The summed E-state index contributed by atoms with van der Waals surface area (Å²) < 4.78 is 27.6. The smallest absolute Gasteiger partial charge is 0.279 e. The molecule has 0 bridgehead atoms. The first-order valence-electron chi connectivity index (χ1n) is 7.73. The van der Waals surface area contributed by atoms with Gasteiger partial charge in [0.2, 0.25) is 10.0 Å². The summed E-state index contributed by atoms with van der Waals surface area (Å²) >= 11 is 0. The maximum atomic E-state index is 12.7. The predicted octanol–water partition coefficient (Wildman–Crippen LogP) is 0.867. The minimum atomic E-state index is -3.36. The molecule has 1 N–H and O–H groups in total. The van der Waals surface area contributed by atoms with Crippen molar-refractivity contribution in [3.05, 3.63) is 74.9 Å². The summed E-state index contributed by atoms with van der Waals surface area (Å²) in [7, 11) is -3.36. The van der Waals surface area contributed by atoms with Crippen LogP contribution in [-0.2, 0) is 16.6 Å². The highest BCUT2D eigenvalue weighted by Crippen LogP contribution is 2.13. The quantitative estimate of drug-likeness (QED) is 0.574. The first-order chi connectivity index (χ1) is 12.3. The maximum absolute atomic E-state index is 12.7. The van der Waals surface area contributed by atoms with Gasteiger partial charge in [-0.1, -0.05) is 18.2 Å². The predicted molar refractivity (Wildman–Crippen MR) is 98.4 cm³/mol. The van der Waals surface area contributed by atoms with Gasteiger partial charge in [0.05, 0.1) is 19.0 Å². The fourth-order valence-corrected chi connectivity index (χ4v) is 3.51. The van der Waals surface area contributed by atoms with Gasteiger partial charge in [-0.25, -0.2) is 13.4 Å². The van der Waals surface area contributed by atoms with Crippen molar-refractivity contribution in [2.24, 2.45) is 0 Å². The van der Waals surface area contributed by atoms with E-state index in [-0.39, 0.29) is 6.54 Å². The van der Waals surface area contributed by atoms with Gasteiger partial charge >= 0.3 is 0 Å². The number of hydrogen-bond acceptors (Lipinski definition) is 5. The molecule has 0 atom stereocenters. The second-order valence-corrected chi connectivity index (χ2v) is 7.76. The monoisotopic (exact) mass is 370 g/mol. The topological polar surface area (TPSA) is 103 Å². The van der Waals surface area contributed by atoms with Gasteiger partial charge in [0.1, 0.15) is 16.7 Å². The summed E-state index contributed by atoms with van der Waals surface area (Å²) in [4.78, 5) is 29.6. The van der Waals surface area contributed by atoms with E-state index in [1.54, 1.807) is 46.9 Å². The minimum Gasteiger partial charge on any atom is -0.284 e. The Kier molecular flexibility index (Phi) is 3.55. The molecule has 26 heavy (non-hydrogen) atoms. The Morgan fingerprint density at radius 3 is 2.38 bits per heavy atom. The Bertz CT molecular complexity index is 1340. The Balaban J connectivity index is 1.78. The van der Waals surface area contributed by atoms with Gasteiger partial charge in [-0.15, -0.1) is 0 Å². The molecule has 9 heteroatoms. The molecule has 3 heterocycles. The zero-order valence-electron chi connectivity index (χ0n) is 13.7. The van der Waals surface area contributed by atoms with Crippen molar-refractivity contribution >= 4 is 32.4 Å². The van der Waals surface area contributed by atoms with Gasteiger partial charge in [-0.3, -0.25) is 23.3 Å². The van der Waals surface area contributed by atoms with E-state index in [2.05, 4.69) is 9.71 Å². The Morgan fingerprint density at radius 1 is 1.00 bits per heavy atom. The van der Waals surface area contributed by atoms with Crippen LogP contribution in [0.1, 0.15) is 5.56 Å². The number of aromatic nitrogens is 3. The van der Waals surface area contributed by atoms with Crippen molar-refractivity contribution in [3.63, 3.8) is 0 Å². The van der Waals surface area contributed by atoms with E-state index in [4.69, 9.17) is 0 Å². The lowest BCUT2D eigenvalue weighted by atomic mass is 10.2. The summed E-state index contributed by atoms with van der Waals surface area (Å²) in [5.74, 6) is 0. The third kappa shape index (κ3) is 2.72. The normalized spacial score (nSPS) is 12.0. The second kappa shape index (κ2) is 5.67. The summed E-state index contributed by atoms with van der Waals surface area (Å²) in [6, 6.07) is 11.6. The van der Waals surface area contributed by atoms with E-state index in [0.29, 0.717) is 27.9 Å². The van der Waals surface area contributed by atoms with Crippen molar-refractivity contribution in [1.82, 2.24) is 14.0 Å². The van der Waals surface area contributed by atoms with Crippen LogP contribution in [0.2, 0.25) is 0 Å². The van der Waals surface area contributed by atoms with Crippen molar-refractivity contribution in [3.8, 4) is 0 Å². The molecule has 0 amide bonds. The molecule has 4 aromatic rings. The van der Waals surface area contributed by atoms with Crippen LogP contribution in [0.3, 0.4) is 0 Å². The van der Waals surface area contributed by atoms with Crippen molar-refractivity contribution < 1.29 is 8.42 Å².